The van der Waals surface area contributed by atoms with E-state index in [0.29, 0.717) is 40.8 Å². The molecule has 3 fully saturated rings. The molecule has 2 amide bonds. The van der Waals surface area contributed by atoms with E-state index in [1.165, 1.54) is 77.3 Å². The fourth-order valence-corrected chi connectivity index (χ4v) is 12.6. The highest BCUT2D eigenvalue weighted by molar-refractivity contribution is 7.21. The maximum Gasteiger partial charge on any atom is 0.328 e. The van der Waals surface area contributed by atoms with Gasteiger partial charge in [0.15, 0.2) is 0 Å². The molecule has 1 saturated heterocycles. The molecule has 0 bridgehead atoms. The first kappa shape index (κ1) is 44.0. The number of aliphatic carboxylic acids is 1. The summed E-state index contributed by atoms with van der Waals surface area (Å²) < 4.78 is 3.73. The summed E-state index contributed by atoms with van der Waals surface area (Å²) in [4.78, 5) is 55.6. The molecule has 11 nitrogen and oxygen atoms in total. The number of aromatic nitrogens is 3. The Morgan fingerprint density at radius 2 is 1.71 bits per heavy atom. The molecule has 4 aromatic heterocycles. The molecular weight excluding hydrogens is 843 g/mol. The number of carbonyl (C=O) groups excluding carboxylic acids is 2. The van der Waals surface area contributed by atoms with Crippen LogP contribution in [0.15, 0.2) is 79.0 Å². The minimum Gasteiger partial charge on any atom is -0.478 e. The van der Waals surface area contributed by atoms with Crippen LogP contribution >= 0.6 is 11.3 Å². The van der Waals surface area contributed by atoms with Crippen molar-refractivity contribution >= 4 is 67.7 Å². The fraction of sp³-hybridized carbons (Fsp3) is 0.426. The Hall–Kier alpha value is -5.85. The van der Waals surface area contributed by atoms with Gasteiger partial charge in [-0.2, -0.15) is 0 Å². The van der Waals surface area contributed by atoms with Crippen molar-refractivity contribution in [2.24, 2.45) is 5.92 Å². The summed E-state index contributed by atoms with van der Waals surface area (Å²) in [5.41, 5.74) is 10.5. The fourth-order valence-electron chi connectivity index (χ4n) is 11.4. The number of likely N-dealkylation sites (tertiary alicyclic amines) is 1. The van der Waals surface area contributed by atoms with Gasteiger partial charge in [0.25, 0.3) is 5.91 Å². The third kappa shape index (κ3) is 8.77. The van der Waals surface area contributed by atoms with Crippen molar-refractivity contribution in [3.8, 4) is 22.6 Å². The lowest BCUT2D eigenvalue weighted by molar-refractivity contribution is -0.131. The average Bonchev–Trinajstić information content (AvgIpc) is 4.04. The van der Waals surface area contributed by atoms with Gasteiger partial charge in [-0.1, -0.05) is 51.2 Å². The number of carboxylic acids is 1. The average molecular weight is 904 g/mol. The van der Waals surface area contributed by atoms with Crippen molar-refractivity contribution in [3.63, 3.8) is 0 Å². The molecule has 2 saturated carbocycles. The van der Waals surface area contributed by atoms with Crippen LogP contribution in [0.2, 0.25) is 0 Å². The SMILES string of the molecule is CCN1CCCC(CCN2CCn3c(c(C4CCCCC4)c4sc(C(=O)NC5(C(=O)Nc6ccc(C=CC(=O)O)cc6)CCCC5)cc43)-c3ccc4nc(-c5cc(C)ccn5)ccc4c32)C1. The van der Waals surface area contributed by atoms with Crippen LogP contribution in [-0.2, 0) is 16.1 Å². The third-order valence-corrected chi connectivity index (χ3v) is 16.0. The minimum atomic E-state index is -1.03. The normalized spacial score (nSPS) is 18.9. The Morgan fingerprint density at radius 3 is 2.48 bits per heavy atom. The highest BCUT2D eigenvalue weighted by Crippen LogP contribution is 2.51. The van der Waals surface area contributed by atoms with E-state index in [1.807, 2.05) is 12.3 Å². The molecule has 6 heterocycles. The lowest BCUT2D eigenvalue weighted by Gasteiger charge is -2.34. The number of anilines is 2. The zero-order valence-electron chi connectivity index (χ0n) is 38.3. The highest BCUT2D eigenvalue weighted by Gasteiger charge is 2.43. The monoisotopic (exact) mass is 903 g/mol. The van der Waals surface area contributed by atoms with Crippen molar-refractivity contribution in [1.29, 1.82) is 0 Å². The Bertz CT molecular complexity index is 2810. The lowest BCUT2D eigenvalue weighted by Crippen LogP contribution is -2.54. The van der Waals surface area contributed by atoms with Crippen LogP contribution in [-0.4, -0.2) is 80.6 Å². The van der Waals surface area contributed by atoms with Gasteiger partial charge in [0.2, 0.25) is 5.91 Å². The number of nitrogens with zero attached hydrogens (tertiary/aromatic N) is 5. The zero-order valence-corrected chi connectivity index (χ0v) is 39.1. The number of hydrogen-bond acceptors (Lipinski definition) is 8. The Labute approximate surface area is 391 Å². The number of hydrogen-bond donors (Lipinski definition) is 3. The minimum absolute atomic E-state index is 0.202. The molecule has 1 unspecified atom stereocenters. The summed E-state index contributed by atoms with van der Waals surface area (Å²) in [6, 6.07) is 22.3. The number of pyridine rings is 2. The molecule has 2 aliphatic carbocycles. The first-order chi connectivity index (χ1) is 32.2. The number of fused-ring (bicyclic) bond motifs is 7. The lowest BCUT2D eigenvalue weighted by atomic mass is 9.82. The van der Waals surface area contributed by atoms with Crippen LogP contribution in [0.4, 0.5) is 11.4 Å². The van der Waals surface area contributed by atoms with Gasteiger partial charge in [0, 0.05) is 55.1 Å². The zero-order chi connectivity index (χ0) is 45.4. The van der Waals surface area contributed by atoms with Gasteiger partial charge < -0.3 is 30.1 Å². The van der Waals surface area contributed by atoms with Crippen molar-refractivity contribution in [3.05, 3.63) is 101 Å². The molecule has 4 aliphatic rings. The van der Waals surface area contributed by atoms with E-state index in [0.717, 1.165) is 98.9 Å². The first-order valence-electron chi connectivity index (χ1n) is 24.3. The maximum atomic E-state index is 14.6. The molecule has 0 spiro atoms. The van der Waals surface area contributed by atoms with Gasteiger partial charge in [-0.3, -0.25) is 14.6 Å². The van der Waals surface area contributed by atoms with Crippen molar-refractivity contribution in [2.45, 2.75) is 109 Å². The number of piperidine rings is 1. The molecule has 0 radical (unpaired) electrons. The summed E-state index contributed by atoms with van der Waals surface area (Å²) in [6.07, 6.45) is 16.9. The maximum absolute atomic E-state index is 14.6. The largest absolute Gasteiger partial charge is 0.478 e. The van der Waals surface area contributed by atoms with Gasteiger partial charge in [0.05, 0.1) is 43.4 Å². The van der Waals surface area contributed by atoms with Crippen molar-refractivity contribution in [2.75, 3.05) is 42.9 Å². The summed E-state index contributed by atoms with van der Waals surface area (Å²) >= 11 is 1.59. The second-order valence-corrected chi connectivity index (χ2v) is 20.2. The van der Waals surface area contributed by atoms with Gasteiger partial charge in [0.1, 0.15) is 5.54 Å². The number of thiophene rings is 1. The van der Waals surface area contributed by atoms with E-state index < -0.39 is 11.5 Å². The molecule has 3 N–H and O–H groups in total. The topological polar surface area (TPSA) is 133 Å². The summed E-state index contributed by atoms with van der Waals surface area (Å²) in [6.45, 7) is 10.5. The van der Waals surface area contributed by atoms with E-state index >= 15 is 0 Å². The standard InChI is InChI=1S/C54H61N7O4S/c1-3-59-28-9-10-37(34-59)24-29-60-30-31-61-45-33-46(52(64)58-54(25-7-8-26-54)53(65)56-39-16-13-36(14-17-39)15-22-47(62)63)66-51(45)48(38-11-5-4-6-12-38)50(61)41-19-20-42-40(49(41)60)18-21-43(57-42)44-32-35(2)23-27-55-44/h13-23,27,32-33,37-38H,3-12,24-26,28-31,34H2,1-2H3,(H,56,65)(H,58,64)(H,62,63). The number of rotatable bonds is 12. The molecule has 66 heavy (non-hydrogen) atoms. The Kier molecular flexibility index (Phi) is 12.5. The summed E-state index contributed by atoms with van der Waals surface area (Å²) in [7, 11) is 0. The Morgan fingerprint density at radius 1 is 0.894 bits per heavy atom. The smallest absolute Gasteiger partial charge is 0.328 e. The number of nitrogens with one attached hydrogen (secondary N) is 2. The van der Waals surface area contributed by atoms with Crippen LogP contribution in [0.25, 0.3) is 49.8 Å². The number of carboxylic acid groups (broad SMARTS) is 1. The van der Waals surface area contributed by atoms with Crippen LogP contribution < -0.4 is 15.5 Å². The number of amides is 2. The van der Waals surface area contributed by atoms with Gasteiger partial charge in [-0.15, -0.1) is 11.3 Å². The summed E-state index contributed by atoms with van der Waals surface area (Å²) in [5, 5.41) is 16.5. The molecule has 10 rings (SSSR count). The predicted molar refractivity (Wildman–Crippen MR) is 266 cm³/mol. The van der Waals surface area contributed by atoms with E-state index in [4.69, 9.17) is 10.1 Å². The van der Waals surface area contributed by atoms with Crippen LogP contribution in [0.1, 0.15) is 116 Å². The number of benzene rings is 2. The molecular formula is C54H61N7O4S. The molecule has 6 aromatic rings. The van der Waals surface area contributed by atoms with Gasteiger partial charge >= 0.3 is 5.97 Å². The van der Waals surface area contributed by atoms with Crippen molar-refractivity contribution < 1.29 is 19.5 Å². The second-order valence-electron chi connectivity index (χ2n) is 19.2. The van der Waals surface area contributed by atoms with Crippen LogP contribution in [0.5, 0.6) is 0 Å². The van der Waals surface area contributed by atoms with Gasteiger partial charge in [-0.25, -0.2) is 9.78 Å². The van der Waals surface area contributed by atoms with Crippen molar-refractivity contribution in [1.82, 2.24) is 24.8 Å². The van der Waals surface area contributed by atoms with Gasteiger partial charge in [-0.05, 0) is 154 Å². The second kappa shape index (κ2) is 18.8. The third-order valence-electron chi connectivity index (χ3n) is 14.9. The van der Waals surface area contributed by atoms with E-state index in [-0.39, 0.29) is 11.8 Å². The molecule has 1 atom stereocenters. The molecule has 2 aliphatic heterocycles. The first-order valence-corrected chi connectivity index (χ1v) is 25.1. The predicted octanol–water partition coefficient (Wildman–Crippen LogP) is 11.1. The summed E-state index contributed by atoms with van der Waals surface area (Å²) in [5.74, 6) is -0.395. The molecule has 2 aromatic carbocycles. The quantitative estimate of drug-likeness (QED) is 0.103. The molecule has 12 heteroatoms. The molecule has 342 valence electrons. The van der Waals surface area contributed by atoms with Crippen LogP contribution in [0, 0.1) is 12.8 Å². The number of aryl methyl sites for hydroxylation is 1. The van der Waals surface area contributed by atoms with E-state index in [2.05, 4.69) is 80.2 Å². The highest BCUT2D eigenvalue weighted by atomic mass is 32.1. The van der Waals surface area contributed by atoms with E-state index in [1.54, 1.807) is 35.6 Å². The number of carbonyl (C=O) groups is 3. The Balaban J connectivity index is 1.02. The van der Waals surface area contributed by atoms with E-state index in [9.17, 15) is 14.4 Å². The van der Waals surface area contributed by atoms with Crippen LogP contribution in [0.3, 0.4) is 0 Å².